The zero-order chi connectivity index (χ0) is 11.1. The van der Waals surface area contributed by atoms with Gasteiger partial charge in [-0.15, -0.1) is 0 Å². The Bertz CT molecular complexity index is 435. The van der Waals surface area contributed by atoms with Gasteiger partial charge in [0.05, 0.1) is 11.7 Å². The van der Waals surface area contributed by atoms with Gasteiger partial charge in [0.1, 0.15) is 5.69 Å². The predicted molar refractivity (Wildman–Crippen MR) is 57.5 cm³/mol. The molecule has 1 aromatic rings. The Kier molecular flexibility index (Phi) is 2.21. The molecule has 2 heterocycles. The van der Waals surface area contributed by atoms with Crippen molar-refractivity contribution in [2.24, 2.45) is 0 Å². The molecule has 0 bridgehead atoms. The number of nitrogens with one attached hydrogen (secondary N) is 1. The quantitative estimate of drug-likeness (QED) is 0.780. The van der Waals surface area contributed by atoms with Crippen molar-refractivity contribution in [1.29, 1.82) is 0 Å². The van der Waals surface area contributed by atoms with Crippen LogP contribution in [0.4, 0.5) is 0 Å². The molecule has 86 valence electrons. The second-order valence-corrected chi connectivity index (χ2v) is 4.54. The Hall–Kier alpha value is -1.36. The van der Waals surface area contributed by atoms with Crippen molar-refractivity contribution >= 4 is 5.97 Å². The average molecular weight is 221 g/mol. The molecule has 0 aromatic carbocycles. The normalized spacial score (nSPS) is 20.2. The highest BCUT2D eigenvalue weighted by atomic mass is 16.4. The molecule has 1 aromatic heterocycles. The number of aromatic nitrogens is 2. The first-order valence-electron chi connectivity index (χ1n) is 5.81. The van der Waals surface area contributed by atoms with E-state index in [0.29, 0.717) is 18.3 Å². The van der Waals surface area contributed by atoms with Crippen molar-refractivity contribution in [3.8, 4) is 0 Å². The van der Waals surface area contributed by atoms with Crippen molar-refractivity contribution < 1.29 is 9.90 Å². The van der Waals surface area contributed by atoms with Crippen molar-refractivity contribution in [3.63, 3.8) is 0 Å². The van der Waals surface area contributed by atoms with E-state index >= 15 is 0 Å². The highest BCUT2D eigenvalue weighted by molar-refractivity contribution is 5.88. The van der Waals surface area contributed by atoms with E-state index in [1.165, 1.54) is 6.42 Å². The molecular formula is C11H15N3O2. The van der Waals surface area contributed by atoms with Crippen LogP contribution in [0.1, 0.15) is 47.1 Å². The molecule has 0 radical (unpaired) electrons. The summed E-state index contributed by atoms with van der Waals surface area (Å²) in [5.41, 5.74) is 2.30. The van der Waals surface area contributed by atoms with Crippen LogP contribution in [-0.2, 0) is 13.0 Å². The predicted octanol–water partition coefficient (Wildman–Crippen LogP) is 0.952. The minimum Gasteiger partial charge on any atom is -0.477 e. The fourth-order valence-corrected chi connectivity index (χ4v) is 2.46. The van der Waals surface area contributed by atoms with E-state index in [1.54, 1.807) is 4.68 Å². The lowest BCUT2D eigenvalue weighted by molar-refractivity contribution is 0.0674. The van der Waals surface area contributed by atoms with Gasteiger partial charge in [-0.05, 0) is 32.2 Å². The van der Waals surface area contributed by atoms with Gasteiger partial charge < -0.3 is 10.4 Å². The minimum absolute atomic E-state index is 0.316. The summed E-state index contributed by atoms with van der Waals surface area (Å²) < 4.78 is 1.75. The first-order chi connectivity index (χ1) is 7.77. The SMILES string of the molecule is O=C(O)c1c2c(nn1C1CCC1)CNCC2. The van der Waals surface area contributed by atoms with Gasteiger partial charge in [-0.1, -0.05) is 0 Å². The number of carboxylic acid groups (broad SMARTS) is 1. The van der Waals surface area contributed by atoms with Crippen LogP contribution in [-0.4, -0.2) is 27.4 Å². The summed E-state index contributed by atoms with van der Waals surface area (Å²) in [6.45, 7) is 1.55. The van der Waals surface area contributed by atoms with Gasteiger partial charge in [0.15, 0.2) is 0 Å². The standard InChI is InChI=1S/C11H15N3O2/c15-11(16)10-8-4-5-12-6-9(8)13-14(10)7-2-1-3-7/h7,12H,1-6H2,(H,15,16). The van der Waals surface area contributed by atoms with Crippen LogP contribution in [0.2, 0.25) is 0 Å². The van der Waals surface area contributed by atoms with Gasteiger partial charge in [-0.3, -0.25) is 4.68 Å². The van der Waals surface area contributed by atoms with E-state index < -0.39 is 5.97 Å². The summed E-state index contributed by atoms with van der Waals surface area (Å²) in [6, 6.07) is 0.316. The molecule has 1 saturated carbocycles. The largest absolute Gasteiger partial charge is 0.477 e. The molecule has 3 rings (SSSR count). The third-order valence-corrected chi connectivity index (χ3v) is 3.56. The van der Waals surface area contributed by atoms with Gasteiger partial charge >= 0.3 is 5.97 Å². The monoisotopic (exact) mass is 221 g/mol. The first-order valence-corrected chi connectivity index (χ1v) is 5.81. The third-order valence-electron chi connectivity index (χ3n) is 3.56. The van der Waals surface area contributed by atoms with Crippen LogP contribution in [0.5, 0.6) is 0 Å². The highest BCUT2D eigenvalue weighted by Gasteiger charge is 2.30. The van der Waals surface area contributed by atoms with E-state index in [0.717, 1.165) is 37.1 Å². The fraction of sp³-hybridized carbons (Fsp3) is 0.636. The molecule has 5 heteroatoms. The zero-order valence-corrected chi connectivity index (χ0v) is 9.07. The molecule has 2 N–H and O–H groups in total. The smallest absolute Gasteiger partial charge is 0.354 e. The number of carbonyl (C=O) groups is 1. The molecule has 2 aliphatic rings. The maximum Gasteiger partial charge on any atom is 0.354 e. The number of carboxylic acids is 1. The summed E-state index contributed by atoms with van der Waals surface area (Å²) in [4.78, 5) is 11.3. The van der Waals surface area contributed by atoms with Crippen molar-refractivity contribution in [2.45, 2.75) is 38.3 Å². The van der Waals surface area contributed by atoms with Crippen molar-refractivity contribution in [2.75, 3.05) is 6.54 Å². The molecule has 1 aliphatic carbocycles. The lowest BCUT2D eigenvalue weighted by Gasteiger charge is -2.26. The average Bonchev–Trinajstić information content (AvgIpc) is 2.53. The fourth-order valence-electron chi connectivity index (χ4n) is 2.46. The summed E-state index contributed by atoms with van der Waals surface area (Å²) >= 11 is 0. The number of hydrogen-bond donors (Lipinski definition) is 2. The molecule has 0 amide bonds. The van der Waals surface area contributed by atoms with Gasteiger partial charge in [-0.2, -0.15) is 5.10 Å². The van der Waals surface area contributed by atoms with Gasteiger partial charge in [0.25, 0.3) is 0 Å². The van der Waals surface area contributed by atoms with Crippen LogP contribution in [0, 0.1) is 0 Å². The number of aromatic carboxylic acids is 1. The number of rotatable bonds is 2. The lowest BCUT2D eigenvalue weighted by atomic mass is 9.93. The summed E-state index contributed by atoms with van der Waals surface area (Å²) in [7, 11) is 0. The van der Waals surface area contributed by atoms with Crippen molar-refractivity contribution in [3.05, 3.63) is 17.0 Å². The van der Waals surface area contributed by atoms with Gasteiger partial charge in [0.2, 0.25) is 0 Å². The van der Waals surface area contributed by atoms with E-state index in [9.17, 15) is 9.90 Å². The molecule has 16 heavy (non-hydrogen) atoms. The number of nitrogens with zero attached hydrogens (tertiary/aromatic N) is 2. The van der Waals surface area contributed by atoms with Crippen LogP contribution in [0.3, 0.4) is 0 Å². The maximum absolute atomic E-state index is 11.3. The Morgan fingerprint density at radius 3 is 2.94 bits per heavy atom. The zero-order valence-electron chi connectivity index (χ0n) is 9.07. The molecule has 0 saturated heterocycles. The van der Waals surface area contributed by atoms with Crippen LogP contribution < -0.4 is 5.32 Å². The highest BCUT2D eigenvalue weighted by Crippen LogP contribution is 2.34. The van der Waals surface area contributed by atoms with Crippen LogP contribution in [0.15, 0.2) is 0 Å². The second kappa shape index (κ2) is 3.59. The molecular weight excluding hydrogens is 206 g/mol. The number of hydrogen-bond acceptors (Lipinski definition) is 3. The van der Waals surface area contributed by atoms with Gasteiger partial charge in [0, 0.05) is 12.1 Å². The Morgan fingerprint density at radius 1 is 1.50 bits per heavy atom. The Morgan fingerprint density at radius 2 is 2.31 bits per heavy atom. The molecule has 1 fully saturated rings. The number of fused-ring (bicyclic) bond motifs is 1. The maximum atomic E-state index is 11.3. The van der Waals surface area contributed by atoms with Crippen LogP contribution >= 0.6 is 0 Å². The Labute approximate surface area is 93.5 Å². The van der Waals surface area contributed by atoms with E-state index in [1.807, 2.05) is 0 Å². The van der Waals surface area contributed by atoms with Crippen molar-refractivity contribution in [1.82, 2.24) is 15.1 Å². The molecule has 1 aliphatic heterocycles. The molecule has 0 spiro atoms. The van der Waals surface area contributed by atoms with Crippen LogP contribution in [0.25, 0.3) is 0 Å². The summed E-state index contributed by atoms with van der Waals surface area (Å²) in [5.74, 6) is -0.831. The van der Waals surface area contributed by atoms with Gasteiger partial charge in [-0.25, -0.2) is 4.79 Å². The summed E-state index contributed by atoms with van der Waals surface area (Å²) in [5, 5.41) is 17.0. The molecule has 0 unspecified atom stereocenters. The third kappa shape index (κ3) is 1.35. The first kappa shape index (κ1) is 9.84. The summed E-state index contributed by atoms with van der Waals surface area (Å²) in [6.07, 6.45) is 4.10. The topological polar surface area (TPSA) is 67.1 Å². The second-order valence-electron chi connectivity index (χ2n) is 4.54. The van der Waals surface area contributed by atoms with E-state index in [4.69, 9.17) is 0 Å². The molecule has 5 nitrogen and oxygen atoms in total. The molecule has 0 atom stereocenters. The van der Waals surface area contributed by atoms with E-state index in [2.05, 4.69) is 10.4 Å². The van der Waals surface area contributed by atoms with E-state index in [-0.39, 0.29) is 0 Å². The minimum atomic E-state index is -0.831. The lowest BCUT2D eigenvalue weighted by Crippen LogP contribution is -2.24. The Balaban J connectivity index is 2.08.